The van der Waals surface area contributed by atoms with E-state index in [-0.39, 0.29) is 5.82 Å². The zero-order valence-corrected chi connectivity index (χ0v) is 8.44. The fraction of sp³-hybridized carbons (Fsp3) is 0.100. The molecule has 4 heteroatoms. The summed E-state index contributed by atoms with van der Waals surface area (Å²) in [5.41, 5.74) is 7.41. The molecule has 0 amide bonds. The van der Waals surface area contributed by atoms with Crippen LogP contribution in [0.4, 0.5) is 9.52 Å². The summed E-state index contributed by atoms with van der Waals surface area (Å²) in [6.45, 7) is 1.87. The van der Waals surface area contributed by atoms with Gasteiger partial charge in [0.2, 0.25) is 0 Å². The van der Waals surface area contributed by atoms with Crippen molar-refractivity contribution in [2.24, 2.45) is 0 Å². The number of thiazole rings is 1. The first-order chi connectivity index (χ1) is 6.66. The molecule has 0 bridgehead atoms. The third kappa shape index (κ3) is 1.61. The Morgan fingerprint density at radius 1 is 1.43 bits per heavy atom. The Hall–Kier alpha value is -1.42. The fourth-order valence-corrected chi connectivity index (χ4v) is 2.09. The number of aryl methyl sites for hydroxylation is 1. The normalized spacial score (nSPS) is 10.4. The van der Waals surface area contributed by atoms with E-state index in [0.29, 0.717) is 5.13 Å². The lowest BCUT2D eigenvalue weighted by molar-refractivity contribution is 0.627. The Morgan fingerprint density at radius 3 is 2.79 bits per heavy atom. The van der Waals surface area contributed by atoms with Gasteiger partial charge in [0.05, 0.1) is 4.88 Å². The zero-order chi connectivity index (χ0) is 10.1. The number of nitrogens with zero attached hydrogens (tertiary/aromatic N) is 1. The Kier molecular flexibility index (Phi) is 2.21. The van der Waals surface area contributed by atoms with Crippen molar-refractivity contribution in [2.75, 3.05) is 5.73 Å². The molecule has 0 aliphatic carbocycles. The summed E-state index contributed by atoms with van der Waals surface area (Å²) in [5, 5.41) is 0.531. The molecule has 14 heavy (non-hydrogen) atoms. The van der Waals surface area contributed by atoms with E-state index >= 15 is 0 Å². The minimum atomic E-state index is -0.219. The number of halogens is 1. The molecule has 2 rings (SSSR count). The van der Waals surface area contributed by atoms with E-state index in [4.69, 9.17) is 5.73 Å². The van der Waals surface area contributed by atoms with Crippen LogP contribution in [-0.4, -0.2) is 4.98 Å². The van der Waals surface area contributed by atoms with E-state index in [0.717, 1.165) is 16.0 Å². The van der Waals surface area contributed by atoms with Gasteiger partial charge in [0.1, 0.15) is 5.82 Å². The summed E-state index contributed by atoms with van der Waals surface area (Å²) in [7, 11) is 0. The molecule has 2 N–H and O–H groups in total. The van der Waals surface area contributed by atoms with Gasteiger partial charge < -0.3 is 5.73 Å². The van der Waals surface area contributed by atoms with Crippen LogP contribution in [-0.2, 0) is 0 Å². The number of nitrogens with two attached hydrogens (primary N) is 1. The van der Waals surface area contributed by atoms with Crippen LogP contribution in [0.15, 0.2) is 24.4 Å². The topological polar surface area (TPSA) is 38.9 Å². The first-order valence-electron chi connectivity index (χ1n) is 4.14. The van der Waals surface area contributed by atoms with Crippen molar-refractivity contribution in [3.63, 3.8) is 0 Å². The van der Waals surface area contributed by atoms with Crippen LogP contribution in [0, 0.1) is 12.7 Å². The molecule has 0 fully saturated rings. The van der Waals surface area contributed by atoms with E-state index in [1.165, 1.54) is 23.5 Å². The lowest BCUT2D eigenvalue weighted by atomic mass is 10.1. The minimum absolute atomic E-state index is 0.219. The number of rotatable bonds is 1. The molecule has 0 aliphatic rings. The van der Waals surface area contributed by atoms with E-state index in [1.807, 2.05) is 6.92 Å². The van der Waals surface area contributed by atoms with Crippen LogP contribution in [0.25, 0.3) is 10.4 Å². The van der Waals surface area contributed by atoms with E-state index in [9.17, 15) is 4.39 Å². The van der Waals surface area contributed by atoms with Gasteiger partial charge in [0.25, 0.3) is 0 Å². The number of hydrogen-bond acceptors (Lipinski definition) is 3. The van der Waals surface area contributed by atoms with Crippen LogP contribution in [0.3, 0.4) is 0 Å². The summed E-state index contributed by atoms with van der Waals surface area (Å²) >= 11 is 1.41. The second-order valence-electron chi connectivity index (χ2n) is 3.02. The van der Waals surface area contributed by atoms with Crippen molar-refractivity contribution in [3.05, 3.63) is 35.8 Å². The first kappa shape index (κ1) is 9.15. The molecule has 0 saturated heterocycles. The Bertz CT molecular complexity index is 465. The van der Waals surface area contributed by atoms with Crippen molar-refractivity contribution in [3.8, 4) is 10.4 Å². The van der Waals surface area contributed by atoms with Crippen LogP contribution in [0.1, 0.15) is 5.56 Å². The molecule has 0 radical (unpaired) electrons. The maximum absolute atomic E-state index is 12.8. The highest BCUT2D eigenvalue weighted by Gasteiger charge is 2.05. The van der Waals surface area contributed by atoms with Crippen LogP contribution >= 0.6 is 11.3 Å². The molecule has 0 aliphatic heterocycles. The fourth-order valence-electron chi connectivity index (χ4n) is 1.32. The molecule has 1 heterocycles. The smallest absolute Gasteiger partial charge is 0.180 e. The quantitative estimate of drug-likeness (QED) is 0.782. The average Bonchev–Trinajstić information content (AvgIpc) is 2.51. The lowest BCUT2D eigenvalue weighted by Crippen LogP contribution is -1.82. The maximum atomic E-state index is 12.8. The molecular formula is C10H9FN2S. The molecule has 0 spiro atoms. The summed E-state index contributed by atoms with van der Waals surface area (Å²) < 4.78 is 12.8. The Labute approximate surface area is 85.2 Å². The van der Waals surface area contributed by atoms with Gasteiger partial charge in [0, 0.05) is 6.20 Å². The highest BCUT2D eigenvalue weighted by Crippen LogP contribution is 2.29. The second kappa shape index (κ2) is 3.38. The summed E-state index contributed by atoms with van der Waals surface area (Å²) in [4.78, 5) is 4.93. The molecule has 2 nitrogen and oxygen atoms in total. The van der Waals surface area contributed by atoms with Gasteiger partial charge in [-0.3, -0.25) is 0 Å². The molecule has 0 unspecified atom stereocenters. The Morgan fingerprint density at radius 2 is 2.21 bits per heavy atom. The third-order valence-electron chi connectivity index (χ3n) is 1.98. The first-order valence-corrected chi connectivity index (χ1v) is 4.96. The monoisotopic (exact) mass is 208 g/mol. The van der Waals surface area contributed by atoms with Crippen molar-refractivity contribution in [1.82, 2.24) is 4.98 Å². The van der Waals surface area contributed by atoms with E-state index < -0.39 is 0 Å². The van der Waals surface area contributed by atoms with Crippen molar-refractivity contribution >= 4 is 16.5 Å². The highest BCUT2D eigenvalue weighted by molar-refractivity contribution is 7.18. The zero-order valence-electron chi connectivity index (χ0n) is 7.62. The second-order valence-corrected chi connectivity index (χ2v) is 4.08. The molecule has 0 saturated carbocycles. The van der Waals surface area contributed by atoms with Crippen molar-refractivity contribution in [1.29, 1.82) is 0 Å². The van der Waals surface area contributed by atoms with Gasteiger partial charge in [-0.2, -0.15) is 0 Å². The molecule has 2 aromatic rings. The SMILES string of the molecule is Cc1cc(F)ccc1-c1cnc(N)s1. The standard InChI is InChI=1S/C10H9FN2S/c1-6-4-7(11)2-3-8(6)9-5-13-10(12)14-9/h2-5H,1H3,(H2,12,13). The van der Waals surface area contributed by atoms with Gasteiger partial charge >= 0.3 is 0 Å². The van der Waals surface area contributed by atoms with Crippen molar-refractivity contribution < 1.29 is 4.39 Å². The van der Waals surface area contributed by atoms with Crippen LogP contribution < -0.4 is 5.73 Å². The summed E-state index contributed by atoms with van der Waals surface area (Å²) in [6.07, 6.45) is 1.71. The summed E-state index contributed by atoms with van der Waals surface area (Å²) in [6, 6.07) is 4.70. The average molecular weight is 208 g/mol. The molecule has 1 aromatic heterocycles. The van der Waals surface area contributed by atoms with Gasteiger partial charge in [-0.25, -0.2) is 9.37 Å². The number of aromatic nitrogens is 1. The van der Waals surface area contributed by atoms with E-state index in [1.54, 1.807) is 12.3 Å². The van der Waals surface area contributed by atoms with Gasteiger partial charge in [-0.05, 0) is 30.2 Å². The summed E-state index contributed by atoms with van der Waals surface area (Å²) in [5.74, 6) is -0.219. The number of anilines is 1. The molecular weight excluding hydrogens is 199 g/mol. The highest BCUT2D eigenvalue weighted by atomic mass is 32.1. The minimum Gasteiger partial charge on any atom is -0.375 e. The molecule has 0 atom stereocenters. The maximum Gasteiger partial charge on any atom is 0.180 e. The van der Waals surface area contributed by atoms with Gasteiger partial charge in [-0.1, -0.05) is 17.4 Å². The van der Waals surface area contributed by atoms with Crippen LogP contribution in [0.2, 0.25) is 0 Å². The number of hydrogen-bond donors (Lipinski definition) is 1. The molecule has 1 aromatic carbocycles. The van der Waals surface area contributed by atoms with E-state index in [2.05, 4.69) is 4.98 Å². The van der Waals surface area contributed by atoms with Crippen LogP contribution in [0.5, 0.6) is 0 Å². The number of nitrogen functional groups attached to an aromatic ring is 1. The van der Waals surface area contributed by atoms with Gasteiger partial charge in [0.15, 0.2) is 5.13 Å². The lowest BCUT2D eigenvalue weighted by Gasteiger charge is -2.01. The largest absolute Gasteiger partial charge is 0.375 e. The predicted molar refractivity (Wildman–Crippen MR) is 56.7 cm³/mol. The molecule has 72 valence electrons. The number of benzene rings is 1. The Balaban J connectivity index is 2.52. The van der Waals surface area contributed by atoms with Gasteiger partial charge in [-0.15, -0.1) is 0 Å². The van der Waals surface area contributed by atoms with Crippen molar-refractivity contribution in [2.45, 2.75) is 6.92 Å². The third-order valence-corrected chi connectivity index (χ3v) is 2.84. The predicted octanol–water partition coefficient (Wildman–Crippen LogP) is 2.84.